The molecule has 32 heavy (non-hydrogen) atoms. The molecule has 1 aliphatic heterocycles. The number of fused-ring (bicyclic) bond motifs is 5. The van der Waals surface area contributed by atoms with Gasteiger partial charge in [0, 0.05) is 6.42 Å². The molecule has 4 nitrogen and oxygen atoms in total. The number of aliphatic hydroxyl groups excluding tert-OH is 1. The Morgan fingerprint density at radius 3 is 2.94 bits per heavy atom. The van der Waals surface area contributed by atoms with Crippen LogP contribution in [0.4, 0.5) is 0 Å². The molecule has 5 unspecified atom stereocenters. The van der Waals surface area contributed by atoms with Gasteiger partial charge in [0.25, 0.3) is 0 Å². The Balaban J connectivity index is 1.33. The predicted octanol–water partition coefficient (Wildman–Crippen LogP) is 5.63. The van der Waals surface area contributed by atoms with E-state index in [1.807, 2.05) is 0 Å². The Kier molecular flexibility index (Phi) is 6.65. The molecule has 4 heteroatoms. The van der Waals surface area contributed by atoms with E-state index < -0.39 is 0 Å². The van der Waals surface area contributed by atoms with Crippen molar-refractivity contribution in [1.82, 2.24) is 0 Å². The maximum absolute atomic E-state index is 8.97. The first-order valence-corrected chi connectivity index (χ1v) is 12.9. The summed E-state index contributed by atoms with van der Waals surface area (Å²) >= 11 is 0. The first-order valence-electron chi connectivity index (χ1n) is 12.9. The van der Waals surface area contributed by atoms with Gasteiger partial charge in [-0.3, -0.25) is 0 Å². The first-order chi connectivity index (χ1) is 15.6. The number of benzene rings is 1. The van der Waals surface area contributed by atoms with Crippen molar-refractivity contribution in [2.75, 3.05) is 26.4 Å². The second-order valence-electron chi connectivity index (χ2n) is 10.8. The average molecular weight is 441 g/mol. The van der Waals surface area contributed by atoms with Gasteiger partial charge in [0.1, 0.15) is 5.75 Å². The van der Waals surface area contributed by atoms with E-state index in [0.29, 0.717) is 30.5 Å². The molecule has 5 rings (SSSR count). The SMILES string of the molecule is C[C@@H]1Cc2cc(OC3CCCCO3)ccc2C2CCC3(C)/C(=C/COCCO)CCC3C21. The summed E-state index contributed by atoms with van der Waals surface area (Å²) < 4.78 is 17.5. The topological polar surface area (TPSA) is 47.9 Å². The van der Waals surface area contributed by atoms with Crippen molar-refractivity contribution in [3.8, 4) is 5.75 Å². The van der Waals surface area contributed by atoms with Crippen LogP contribution < -0.4 is 4.74 Å². The second-order valence-corrected chi connectivity index (χ2v) is 10.8. The molecule has 176 valence electrons. The summed E-state index contributed by atoms with van der Waals surface area (Å²) in [7, 11) is 0. The molecule has 1 saturated heterocycles. The molecular weight excluding hydrogens is 400 g/mol. The lowest BCUT2D eigenvalue weighted by Gasteiger charge is -2.52. The zero-order valence-electron chi connectivity index (χ0n) is 19.9. The third-order valence-corrected chi connectivity index (χ3v) is 8.98. The molecule has 0 amide bonds. The molecule has 1 aromatic rings. The molecule has 3 fully saturated rings. The zero-order chi connectivity index (χ0) is 22.1. The summed E-state index contributed by atoms with van der Waals surface area (Å²) in [6.07, 6.45) is 11.8. The highest BCUT2D eigenvalue weighted by molar-refractivity contribution is 5.42. The Morgan fingerprint density at radius 2 is 2.12 bits per heavy atom. The van der Waals surface area contributed by atoms with Gasteiger partial charge in [0.15, 0.2) is 6.29 Å². The Labute approximate surface area is 193 Å². The lowest BCUT2D eigenvalue weighted by atomic mass is 9.52. The van der Waals surface area contributed by atoms with Gasteiger partial charge in [-0.15, -0.1) is 0 Å². The van der Waals surface area contributed by atoms with Gasteiger partial charge in [-0.25, -0.2) is 0 Å². The second kappa shape index (κ2) is 9.48. The van der Waals surface area contributed by atoms with Crippen LogP contribution in [0.3, 0.4) is 0 Å². The molecule has 1 aromatic carbocycles. The molecule has 0 aromatic heterocycles. The molecule has 0 bridgehead atoms. The van der Waals surface area contributed by atoms with Crippen molar-refractivity contribution in [3.63, 3.8) is 0 Å². The molecule has 3 aliphatic carbocycles. The van der Waals surface area contributed by atoms with Gasteiger partial charge in [-0.05, 0) is 97.3 Å². The minimum atomic E-state index is -0.0731. The van der Waals surface area contributed by atoms with Crippen LogP contribution in [0, 0.1) is 23.2 Å². The molecule has 1 heterocycles. The molecule has 4 aliphatic rings. The van der Waals surface area contributed by atoms with E-state index in [4.69, 9.17) is 19.3 Å². The van der Waals surface area contributed by atoms with Crippen molar-refractivity contribution >= 4 is 0 Å². The van der Waals surface area contributed by atoms with Crippen molar-refractivity contribution in [2.45, 2.75) is 77.4 Å². The minimum absolute atomic E-state index is 0.0731. The first kappa shape index (κ1) is 22.4. The Hall–Kier alpha value is -1.36. The largest absolute Gasteiger partial charge is 0.465 e. The fourth-order valence-electron chi connectivity index (χ4n) is 7.48. The van der Waals surface area contributed by atoms with Gasteiger partial charge < -0.3 is 19.3 Å². The number of allylic oxidation sites excluding steroid dienone is 1. The van der Waals surface area contributed by atoms with E-state index in [9.17, 15) is 0 Å². The number of ether oxygens (including phenoxy) is 3. The number of hydrogen-bond acceptors (Lipinski definition) is 4. The predicted molar refractivity (Wildman–Crippen MR) is 126 cm³/mol. The van der Waals surface area contributed by atoms with E-state index in [-0.39, 0.29) is 12.9 Å². The van der Waals surface area contributed by atoms with E-state index in [1.165, 1.54) is 37.7 Å². The van der Waals surface area contributed by atoms with Crippen LogP contribution in [0.25, 0.3) is 0 Å². The third-order valence-electron chi connectivity index (χ3n) is 8.98. The van der Waals surface area contributed by atoms with Crippen LogP contribution in [0.5, 0.6) is 5.75 Å². The van der Waals surface area contributed by atoms with Crippen LogP contribution in [0.2, 0.25) is 0 Å². The van der Waals surface area contributed by atoms with Gasteiger partial charge >= 0.3 is 0 Å². The van der Waals surface area contributed by atoms with Gasteiger partial charge in [-0.1, -0.05) is 31.6 Å². The van der Waals surface area contributed by atoms with Crippen LogP contribution in [-0.2, 0) is 15.9 Å². The smallest absolute Gasteiger partial charge is 0.199 e. The number of hydrogen-bond donors (Lipinski definition) is 1. The minimum Gasteiger partial charge on any atom is -0.465 e. The normalized spacial score (nSPS) is 37.6. The van der Waals surface area contributed by atoms with Crippen LogP contribution in [0.1, 0.15) is 75.8 Å². The highest BCUT2D eigenvalue weighted by atomic mass is 16.7. The highest BCUT2D eigenvalue weighted by Crippen LogP contribution is 2.63. The lowest BCUT2D eigenvalue weighted by molar-refractivity contribution is -0.105. The summed E-state index contributed by atoms with van der Waals surface area (Å²) in [5.41, 5.74) is 5.00. The number of aliphatic hydroxyl groups is 1. The summed E-state index contributed by atoms with van der Waals surface area (Å²) in [6.45, 7) is 6.99. The van der Waals surface area contributed by atoms with E-state index in [0.717, 1.165) is 43.5 Å². The van der Waals surface area contributed by atoms with Gasteiger partial charge in [0.2, 0.25) is 0 Å². The average Bonchev–Trinajstić information content (AvgIpc) is 3.13. The van der Waals surface area contributed by atoms with Crippen molar-refractivity contribution in [2.24, 2.45) is 23.2 Å². The summed E-state index contributed by atoms with van der Waals surface area (Å²) in [6, 6.07) is 6.87. The van der Waals surface area contributed by atoms with E-state index in [2.05, 4.69) is 38.1 Å². The lowest BCUT2D eigenvalue weighted by Crippen LogP contribution is -2.43. The van der Waals surface area contributed by atoms with Gasteiger partial charge in [0.05, 0.1) is 26.4 Å². The quantitative estimate of drug-likeness (QED) is 0.460. The fourth-order valence-corrected chi connectivity index (χ4v) is 7.48. The summed E-state index contributed by atoms with van der Waals surface area (Å²) in [5, 5.41) is 8.97. The fraction of sp³-hybridized carbons (Fsp3) is 0.714. The van der Waals surface area contributed by atoms with E-state index >= 15 is 0 Å². The summed E-state index contributed by atoms with van der Waals surface area (Å²) in [5.74, 6) is 3.88. The molecule has 1 N–H and O–H groups in total. The zero-order valence-corrected chi connectivity index (χ0v) is 19.9. The number of rotatable bonds is 6. The molecule has 0 radical (unpaired) electrons. The third kappa shape index (κ3) is 4.15. The molecule has 2 saturated carbocycles. The summed E-state index contributed by atoms with van der Waals surface area (Å²) in [4.78, 5) is 0. The Bertz CT molecular complexity index is 827. The van der Waals surface area contributed by atoms with Crippen molar-refractivity contribution in [3.05, 3.63) is 41.0 Å². The monoisotopic (exact) mass is 440 g/mol. The standard InChI is InChI=1S/C28H40O4/c1-19-17-20-18-22(32-26-5-3-4-14-31-26)7-8-23(20)24-10-12-28(2)21(11-15-30-16-13-29)6-9-25(28)27(19)24/h7-8,11,18-19,24-27,29H,3-6,9-10,12-17H2,1-2H3/b21-11+/t19-,24?,25?,26?,27?,28?/m1/s1. The maximum atomic E-state index is 8.97. The maximum Gasteiger partial charge on any atom is 0.199 e. The molecule has 6 atom stereocenters. The highest BCUT2D eigenvalue weighted by Gasteiger charge is 2.54. The van der Waals surface area contributed by atoms with Gasteiger partial charge in [-0.2, -0.15) is 0 Å². The van der Waals surface area contributed by atoms with Crippen LogP contribution in [0.15, 0.2) is 29.8 Å². The van der Waals surface area contributed by atoms with E-state index in [1.54, 1.807) is 11.1 Å². The molecular formula is C28H40O4. The van der Waals surface area contributed by atoms with Crippen molar-refractivity contribution in [1.29, 1.82) is 0 Å². The van der Waals surface area contributed by atoms with Crippen LogP contribution in [-0.4, -0.2) is 37.8 Å². The van der Waals surface area contributed by atoms with Crippen LogP contribution >= 0.6 is 0 Å². The molecule has 0 spiro atoms. The Morgan fingerprint density at radius 1 is 1.22 bits per heavy atom. The van der Waals surface area contributed by atoms with Crippen molar-refractivity contribution < 1.29 is 19.3 Å².